The van der Waals surface area contributed by atoms with Crippen LogP contribution in [0, 0.1) is 10.8 Å². The average molecular weight is 478 g/mol. The van der Waals surface area contributed by atoms with Gasteiger partial charge in [-0.1, -0.05) is 0 Å². The van der Waals surface area contributed by atoms with Gasteiger partial charge in [-0.3, -0.25) is 10.8 Å². The second-order valence-corrected chi connectivity index (χ2v) is 6.01. The van der Waals surface area contributed by atoms with E-state index in [1.54, 1.807) is 0 Å². The molecule has 6 N–H and O–H groups in total. The van der Waals surface area contributed by atoms with Gasteiger partial charge in [0.15, 0.2) is 0 Å². The molecule has 0 heterocycles. The highest BCUT2D eigenvalue weighted by Gasteiger charge is 2.22. The Balaban J connectivity index is 3.83. The van der Waals surface area contributed by atoms with E-state index in [1.165, 1.54) is 0 Å². The van der Waals surface area contributed by atoms with Crippen LogP contribution in [0.5, 0.6) is 0 Å². The molecule has 0 aliphatic heterocycles. The molecule has 0 amide bonds. The molecule has 1 aromatic carbocycles. The summed E-state index contributed by atoms with van der Waals surface area (Å²) in [5.41, 5.74) is 11.7. The number of benzene rings is 1. The molecule has 1 aromatic rings. The van der Waals surface area contributed by atoms with E-state index >= 15 is 0 Å². The van der Waals surface area contributed by atoms with Gasteiger partial charge >= 0.3 is 0 Å². The maximum Gasteiger partial charge on any atom is 0.124 e. The summed E-state index contributed by atoms with van der Waals surface area (Å²) in [6, 6.07) is 0. The zero-order valence-corrected chi connectivity index (χ0v) is 14.0. The van der Waals surface area contributed by atoms with Crippen LogP contribution < -0.4 is 11.5 Å². The number of nitrogens with one attached hydrogen (secondary N) is 2. The highest BCUT2D eigenvalue weighted by atomic mass is 79.9. The third-order valence-corrected chi connectivity index (χ3v) is 6.57. The maximum absolute atomic E-state index is 7.51. The van der Waals surface area contributed by atoms with E-state index in [4.69, 9.17) is 22.3 Å². The molecule has 86 valence electrons. The highest BCUT2D eigenvalue weighted by Crippen LogP contribution is 2.41. The Bertz CT molecular complexity index is 453. The smallest absolute Gasteiger partial charge is 0.124 e. The molecule has 16 heavy (non-hydrogen) atoms. The van der Waals surface area contributed by atoms with Gasteiger partial charge in [0.1, 0.15) is 11.7 Å². The van der Waals surface area contributed by atoms with Crippen molar-refractivity contribution >= 4 is 75.4 Å². The number of amidine groups is 2. The Hall–Kier alpha value is 0.0800. The van der Waals surface area contributed by atoms with Gasteiger partial charge in [-0.2, -0.15) is 0 Å². The zero-order valence-electron chi connectivity index (χ0n) is 7.67. The Morgan fingerprint density at radius 1 is 0.688 bits per heavy atom. The van der Waals surface area contributed by atoms with E-state index in [1.807, 2.05) is 0 Å². The lowest BCUT2D eigenvalue weighted by Gasteiger charge is -2.15. The predicted octanol–water partition coefficient (Wildman–Crippen LogP) is 3.30. The Labute approximate surface area is 126 Å². The number of hydrogen-bond donors (Lipinski definition) is 4. The average Bonchev–Trinajstić information content (AvgIpc) is 2.18. The van der Waals surface area contributed by atoms with Crippen LogP contribution in [0.2, 0.25) is 0 Å². The molecular weight excluding hydrogens is 472 g/mol. The molecule has 4 nitrogen and oxygen atoms in total. The van der Waals surface area contributed by atoms with Crippen molar-refractivity contribution in [2.45, 2.75) is 0 Å². The fourth-order valence-corrected chi connectivity index (χ4v) is 3.68. The number of nitrogens with two attached hydrogens (primary N) is 2. The van der Waals surface area contributed by atoms with Gasteiger partial charge in [0.2, 0.25) is 0 Å². The summed E-state index contributed by atoms with van der Waals surface area (Å²) in [6.45, 7) is 0. The molecule has 1 rings (SSSR count). The Kier molecular flexibility index (Phi) is 4.56. The number of hydrogen-bond acceptors (Lipinski definition) is 2. The summed E-state index contributed by atoms with van der Waals surface area (Å²) in [7, 11) is 0. The largest absolute Gasteiger partial charge is 0.384 e. The van der Waals surface area contributed by atoms with Gasteiger partial charge < -0.3 is 11.5 Å². The van der Waals surface area contributed by atoms with Crippen molar-refractivity contribution in [2.75, 3.05) is 0 Å². The molecule has 0 fully saturated rings. The first-order valence-electron chi connectivity index (χ1n) is 3.83. The summed E-state index contributed by atoms with van der Waals surface area (Å²) >= 11 is 13.3. The van der Waals surface area contributed by atoms with Crippen LogP contribution in [-0.2, 0) is 0 Å². The molecule has 0 radical (unpaired) electrons. The van der Waals surface area contributed by atoms with Crippen molar-refractivity contribution in [3.05, 3.63) is 29.0 Å². The molecule has 0 aliphatic carbocycles. The van der Waals surface area contributed by atoms with Gasteiger partial charge in [-0.05, 0) is 63.7 Å². The van der Waals surface area contributed by atoms with Crippen LogP contribution in [0.4, 0.5) is 0 Å². The van der Waals surface area contributed by atoms with Crippen LogP contribution in [0.1, 0.15) is 11.1 Å². The third kappa shape index (κ3) is 2.34. The molecule has 8 heteroatoms. The molecule has 0 saturated carbocycles. The van der Waals surface area contributed by atoms with Crippen LogP contribution in [0.25, 0.3) is 0 Å². The first-order chi connectivity index (χ1) is 7.29. The van der Waals surface area contributed by atoms with Crippen LogP contribution >= 0.6 is 63.7 Å². The molecule has 0 saturated heterocycles. The van der Waals surface area contributed by atoms with Crippen LogP contribution in [-0.4, -0.2) is 11.7 Å². The van der Waals surface area contributed by atoms with Crippen molar-refractivity contribution in [2.24, 2.45) is 11.5 Å². The third-order valence-electron chi connectivity index (χ3n) is 1.81. The Morgan fingerprint density at radius 2 is 0.938 bits per heavy atom. The second-order valence-electron chi connectivity index (χ2n) is 2.83. The SMILES string of the molecule is N=C(N)c1c(Br)c(Br)c(Br)c(Br)c1C(=N)N. The summed E-state index contributed by atoms with van der Waals surface area (Å²) in [5.74, 6) is -0.322. The summed E-state index contributed by atoms with van der Waals surface area (Å²) in [5, 5.41) is 15.0. The van der Waals surface area contributed by atoms with Gasteiger partial charge in [0, 0.05) is 29.0 Å². The lowest BCUT2D eigenvalue weighted by molar-refractivity contribution is 1.33. The normalized spacial score (nSPS) is 10.2. The standard InChI is InChI=1S/C8H6Br4N4/c9-3-1(7(13)14)2(8(15)16)4(10)6(12)5(3)11/h(H3,13,14)(H3,15,16). The van der Waals surface area contributed by atoms with Crippen LogP contribution in [0.15, 0.2) is 17.9 Å². The molecule has 0 unspecified atom stereocenters. The van der Waals surface area contributed by atoms with Crippen LogP contribution in [0.3, 0.4) is 0 Å². The monoisotopic (exact) mass is 474 g/mol. The van der Waals surface area contributed by atoms with Crippen molar-refractivity contribution in [3.63, 3.8) is 0 Å². The number of halogens is 4. The topological polar surface area (TPSA) is 99.7 Å². The maximum atomic E-state index is 7.51. The summed E-state index contributed by atoms with van der Waals surface area (Å²) in [4.78, 5) is 0. The molecule has 0 aromatic heterocycles. The Morgan fingerprint density at radius 3 is 1.12 bits per heavy atom. The molecule has 0 aliphatic rings. The molecule has 0 atom stereocenters. The molecular formula is C8H6Br4N4. The lowest BCUT2D eigenvalue weighted by atomic mass is 10.1. The first kappa shape index (κ1) is 14.1. The minimum absolute atomic E-state index is 0.161. The fraction of sp³-hybridized carbons (Fsp3) is 0. The zero-order chi connectivity index (χ0) is 12.6. The minimum Gasteiger partial charge on any atom is -0.384 e. The van der Waals surface area contributed by atoms with Crippen molar-refractivity contribution in [3.8, 4) is 0 Å². The van der Waals surface area contributed by atoms with E-state index in [0.29, 0.717) is 29.0 Å². The van der Waals surface area contributed by atoms with Gasteiger partial charge in [-0.25, -0.2) is 0 Å². The highest BCUT2D eigenvalue weighted by molar-refractivity contribution is 9.15. The first-order valence-corrected chi connectivity index (χ1v) is 7.01. The molecule has 0 spiro atoms. The molecule has 0 bridgehead atoms. The predicted molar refractivity (Wildman–Crippen MR) is 79.3 cm³/mol. The lowest BCUT2D eigenvalue weighted by Crippen LogP contribution is -2.22. The second kappa shape index (κ2) is 5.16. The fourth-order valence-electron chi connectivity index (χ4n) is 1.14. The summed E-state index contributed by atoms with van der Waals surface area (Å²) < 4.78 is 2.57. The van der Waals surface area contributed by atoms with Crippen molar-refractivity contribution in [1.82, 2.24) is 0 Å². The van der Waals surface area contributed by atoms with Gasteiger partial charge in [-0.15, -0.1) is 0 Å². The van der Waals surface area contributed by atoms with E-state index in [9.17, 15) is 0 Å². The minimum atomic E-state index is -0.161. The van der Waals surface area contributed by atoms with Crippen molar-refractivity contribution < 1.29 is 0 Å². The van der Waals surface area contributed by atoms with E-state index in [-0.39, 0.29) is 11.7 Å². The van der Waals surface area contributed by atoms with Crippen molar-refractivity contribution in [1.29, 1.82) is 10.8 Å². The van der Waals surface area contributed by atoms with Gasteiger partial charge in [0.25, 0.3) is 0 Å². The number of rotatable bonds is 2. The van der Waals surface area contributed by atoms with E-state index in [0.717, 1.165) is 0 Å². The van der Waals surface area contributed by atoms with E-state index in [2.05, 4.69) is 63.7 Å². The summed E-state index contributed by atoms with van der Waals surface area (Å²) in [6.07, 6.45) is 0. The van der Waals surface area contributed by atoms with Gasteiger partial charge in [0.05, 0.1) is 0 Å². The quantitative estimate of drug-likeness (QED) is 0.227. The van der Waals surface area contributed by atoms with E-state index < -0.39 is 0 Å². The number of nitrogen functional groups attached to an aromatic ring is 2.